The average molecular weight is 167 g/mol. The highest BCUT2D eigenvalue weighted by atomic mass is 16.6. The molecule has 0 saturated carbocycles. The van der Waals surface area contributed by atoms with E-state index in [0.29, 0.717) is 0 Å². The van der Waals surface area contributed by atoms with Crippen LogP contribution in [0.3, 0.4) is 0 Å². The lowest BCUT2D eigenvalue weighted by Crippen LogP contribution is -2.10. The Morgan fingerprint density at radius 2 is 2.25 bits per heavy atom. The summed E-state index contributed by atoms with van der Waals surface area (Å²) in [6.45, 7) is 6.92. The van der Waals surface area contributed by atoms with Crippen LogP contribution >= 0.6 is 0 Å². The van der Waals surface area contributed by atoms with Crippen molar-refractivity contribution in [2.24, 2.45) is 0 Å². The Morgan fingerprint density at radius 3 is 2.67 bits per heavy atom. The van der Waals surface area contributed by atoms with Crippen LogP contribution in [0.15, 0.2) is 36.5 Å². The molecule has 12 heavy (non-hydrogen) atoms. The average Bonchev–Trinajstić information content (AvgIpc) is 2.00. The SMILES string of the molecule is C=C/C=C(C)\C=C/C(C)[N+](=O)[O-]. The van der Waals surface area contributed by atoms with E-state index in [2.05, 4.69) is 6.58 Å². The molecule has 0 bridgehead atoms. The molecule has 0 aromatic carbocycles. The number of rotatable bonds is 4. The third-order valence-corrected chi connectivity index (χ3v) is 1.35. The third kappa shape index (κ3) is 4.44. The summed E-state index contributed by atoms with van der Waals surface area (Å²) in [6.07, 6.45) is 6.71. The highest BCUT2D eigenvalue weighted by Crippen LogP contribution is 1.98. The Labute approximate surface area is 72.2 Å². The van der Waals surface area contributed by atoms with Gasteiger partial charge in [0.15, 0.2) is 0 Å². The first-order chi connectivity index (χ1) is 5.57. The third-order valence-electron chi connectivity index (χ3n) is 1.35. The second kappa shape index (κ2) is 5.29. The second-order valence-corrected chi connectivity index (χ2v) is 2.53. The van der Waals surface area contributed by atoms with Gasteiger partial charge in [0, 0.05) is 11.8 Å². The molecule has 0 aliphatic carbocycles. The van der Waals surface area contributed by atoms with Crippen molar-refractivity contribution in [3.63, 3.8) is 0 Å². The summed E-state index contributed by atoms with van der Waals surface area (Å²) in [4.78, 5) is 9.85. The molecule has 0 aliphatic rings. The van der Waals surface area contributed by atoms with Crippen molar-refractivity contribution in [1.82, 2.24) is 0 Å². The molecular formula is C9H13NO2. The van der Waals surface area contributed by atoms with E-state index in [1.165, 1.54) is 6.92 Å². The van der Waals surface area contributed by atoms with Gasteiger partial charge >= 0.3 is 0 Å². The first kappa shape index (κ1) is 10.6. The van der Waals surface area contributed by atoms with Crippen LogP contribution in [0.5, 0.6) is 0 Å². The second-order valence-electron chi connectivity index (χ2n) is 2.53. The van der Waals surface area contributed by atoms with Crippen LogP contribution in [0, 0.1) is 10.1 Å². The van der Waals surface area contributed by atoms with E-state index in [4.69, 9.17) is 0 Å². The van der Waals surface area contributed by atoms with Gasteiger partial charge in [0.1, 0.15) is 0 Å². The molecule has 1 atom stereocenters. The van der Waals surface area contributed by atoms with E-state index in [1.54, 1.807) is 24.3 Å². The van der Waals surface area contributed by atoms with Gasteiger partial charge in [0.25, 0.3) is 0 Å². The van der Waals surface area contributed by atoms with Gasteiger partial charge in [-0.25, -0.2) is 0 Å². The van der Waals surface area contributed by atoms with Crippen molar-refractivity contribution < 1.29 is 4.92 Å². The largest absolute Gasteiger partial charge is 0.264 e. The quantitative estimate of drug-likeness (QED) is 0.366. The number of allylic oxidation sites excluding steroid dienone is 4. The minimum Gasteiger partial charge on any atom is -0.264 e. The van der Waals surface area contributed by atoms with Crippen LogP contribution in [0.2, 0.25) is 0 Å². The fourth-order valence-corrected chi connectivity index (χ4v) is 0.603. The minimum atomic E-state index is -0.627. The molecule has 0 N–H and O–H groups in total. The van der Waals surface area contributed by atoms with Gasteiger partial charge in [-0.15, -0.1) is 0 Å². The van der Waals surface area contributed by atoms with Gasteiger partial charge in [-0.1, -0.05) is 30.4 Å². The van der Waals surface area contributed by atoms with Crippen molar-refractivity contribution in [2.45, 2.75) is 19.9 Å². The summed E-state index contributed by atoms with van der Waals surface area (Å²) >= 11 is 0. The molecule has 0 aromatic heterocycles. The van der Waals surface area contributed by atoms with E-state index < -0.39 is 6.04 Å². The van der Waals surface area contributed by atoms with Crippen LogP contribution in [0.4, 0.5) is 0 Å². The molecule has 0 radical (unpaired) electrons. The molecule has 0 saturated heterocycles. The summed E-state index contributed by atoms with van der Waals surface area (Å²) < 4.78 is 0. The van der Waals surface area contributed by atoms with Crippen molar-refractivity contribution in [3.05, 3.63) is 46.6 Å². The molecular weight excluding hydrogens is 154 g/mol. The van der Waals surface area contributed by atoms with Crippen molar-refractivity contribution in [1.29, 1.82) is 0 Å². The lowest BCUT2D eigenvalue weighted by atomic mass is 10.2. The number of hydrogen-bond acceptors (Lipinski definition) is 2. The first-order valence-corrected chi connectivity index (χ1v) is 3.69. The summed E-state index contributed by atoms with van der Waals surface area (Å²) in [7, 11) is 0. The van der Waals surface area contributed by atoms with Crippen molar-refractivity contribution in [2.75, 3.05) is 0 Å². The highest BCUT2D eigenvalue weighted by Gasteiger charge is 2.05. The van der Waals surface area contributed by atoms with E-state index in [9.17, 15) is 10.1 Å². The summed E-state index contributed by atoms with van der Waals surface area (Å²) in [5.41, 5.74) is 0.957. The zero-order valence-corrected chi connectivity index (χ0v) is 7.36. The lowest BCUT2D eigenvalue weighted by molar-refractivity contribution is -0.504. The monoisotopic (exact) mass is 167 g/mol. The zero-order chi connectivity index (χ0) is 9.56. The van der Waals surface area contributed by atoms with Crippen LogP contribution in [0.25, 0.3) is 0 Å². The minimum absolute atomic E-state index is 0.336. The van der Waals surface area contributed by atoms with Gasteiger partial charge < -0.3 is 0 Å². The summed E-state index contributed by atoms with van der Waals surface area (Å²) in [6, 6.07) is -0.627. The van der Waals surface area contributed by atoms with Gasteiger partial charge in [-0.3, -0.25) is 10.1 Å². The lowest BCUT2D eigenvalue weighted by Gasteiger charge is -1.95. The van der Waals surface area contributed by atoms with Crippen LogP contribution in [-0.4, -0.2) is 11.0 Å². The summed E-state index contributed by atoms with van der Waals surface area (Å²) in [5, 5.41) is 10.2. The first-order valence-electron chi connectivity index (χ1n) is 3.69. The summed E-state index contributed by atoms with van der Waals surface area (Å²) in [5.74, 6) is 0. The predicted octanol–water partition coefficient (Wildman–Crippen LogP) is 2.34. The molecule has 0 fully saturated rings. The van der Waals surface area contributed by atoms with Crippen LogP contribution in [-0.2, 0) is 0 Å². The fourth-order valence-electron chi connectivity index (χ4n) is 0.603. The molecule has 0 amide bonds. The molecule has 0 aliphatic heterocycles. The molecule has 0 spiro atoms. The Balaban J connectivity index is 4.15. The van der Waals surface area contributed by atoms with Crippen molar-refractivity contribution in [3.8, 4) is 0 Å². The van der Waals surface area contributed by atoms with Gasteiger partial charge in [-0.05, 0) is 13.0 Å². The predicted molar refractivity (Wildman–Crippen MR) is 49.6 cm³/mol. The van der Waals surface area contributed by atoms with E-state index >= 15 is 0 Å². The number of nitro groups is 1. The molecule has 66 valence electrons. The van der Waals surface area contributed by atoms with E-state index in [0.717, 1.165) is 5.57 Å². The normalized spacial score (nSPS) is 14.7. The van der Waals surface area contributed by atoms with Crippen LogP contribution < -0.4 is 0 Å². The highest BCUT2D eigenvalue weighted by molar-refractivity contribution is 5.20. The maximum atomic E-state index is 10.2. The van der Waals surface area contributed by atoms with Gasteiger partial charge in [-0.2, -0.15) is 0 Å². The maximum absolute atomic E-state index is 10.2. The Hall–Kier alpha value is -1.38. The Kier molecular flexibility index (Phi) is 4.69. The van der Waals surface area contributed by atoms with Crippen molar-refractivity contribution >= 4 is 0 Å². The molecule has 3 heteroatoms. The van der Waals surface area contributed by atoms with E-state index in [-0.39, 0.29) is 4.92 Å². The fraction of sp³-hybridized carbons (Fsp3) is 0.333. The van der Waals surface area contributed by atoms with Gasteiger partial charge in [0.2, 0.25) is 6.04 Å². The molecule has 1 unspecified atom stereocenters. The maximum Gasteiger partial charge on any atom is 0.228 e. The molecule has 3 nitrogen and oxygen atoms in total. The Bertz CT molecular complexity index is 229. The molecule has 0 heterocycles. The number of nitrogens with zero attached hydrogens (tertiary/aromatic N) is 1. The Morgan fingerprint density at radius 1 is 1.67 bits per heavy atom. The van der Waals surface area contributed by atoms with Crippen LogP contribution in [0.1, 0.15) is 13.8 Å². The van der Waals surface area contributed by atoms with Gasteiger partial charge in [0.05, 0.1) is 0 Å². The van der Waals surface area contributed by atoms with E-state index in [1.807, 2.05) is 6.92 Å². The topological polar surface area (TPSA) is 43.1 Å². The zero-order valence-electron chi connectivity index (χ0n) is 7.36. The molecule has 0 rings (SSSR count). The standard InChI is InChI=1S/C9H13NO2/c1-4-5-8(2)6-7-9(3)10(11)12/h4-7,9H,1H2,2-3H3/b7-6-,8-5-. The number of hydrogen-bond donors (Lipinski definition) is 0. The molecule has 0 aromatic rings. The smallest absolute Gasteiger partial charge is 0.228 e.